The fraction of sp³-hybridized carbons (Fsp3) is 0.444. The molecular formula is C9H15N3O7S. The molecule has 0 aromatic rings. The fourth-order valence-electron chi connectivity index (χ4n) is 0.853. The number of sulfonamides is 1. The zero-order chi connectivity index (χ0) is 15.8. The normalized spacial score (nSPS) is 12.9. The Morgan fingerprint density at radius 2 is 1.95 bits per heavy atom. The van der Waals surface area contributed by atoms with E-state index in [9.17, 15) is 22.8 Å². The van der Waals surface area contributed by atoms with Gasteiger partial charge in [0.05, 0.1) is 12.4 Å². The summed E-state index contributed by atoms with van der Waals surface area (Å²) in [7, 11) is -4.11. The van der Waals surface area contributed by atoms with E-state index in [-0.39, 0.29) is 6.61 Å². The highest BCUT2D eigenvalue weighted by atomic mass is 32.2. The number of carbonyl (C=O) groups excluding carboxylic acids is 2. The number of amides is 1. The largest absolute Gasteiger partial charge is 0.480 e. The van der Waals surface area contributed by atoms with Crippen LogP contribution >= 0.6 is 0 Å². The van der Waals surface area contributed by atoms with Crippen molar-refractivity contribution in [2.45, 2.75) is 13.0 Å². The number of rotatable bonds is 8. The minimum Gasteiger partial charge on any atom is -0.480 e. The van der Waals surface area contributed by atoms with Gasteiger partial charge in [-0.2, -0.15) is 0 Å². The molecule has 0 aliphatic heterocycles. The molecule has 0 aromatic carbocycles. The van der Waals surface area contributed by atoms with E-state index in [1.807, 2.05) is 0 Å². The van der Waals surface area contributed by atoms with E-state index in [1.54, 1.807) is 17.2 Å². The summed E-state index contributed by atoms with van der Waals surface area (Å²) in [6.07, 6.45) is 1.55. The van der Waals surface area contributed by atoms with Crippen LogP contribution in [-0.2, 0) is 29.1 Å². The molecule has 20 heavy (non-hydrogen) atoms. The first kappa shape index (κ1) is 18.0. The first-order chi connectivity index (χ1) is 9.18. The Morgan fingerprint density at radius 1 is 1.35 bits per heavy atom. The molecule has 1 amide bonds. The summed E-state index contributed by atoms with van der Waals surface area (Å²) in [6, 6.07) is -1.63. The van der Waals surface area contributed by atoms with Gasteiger partial charge in [-0.1, -0.05) is 0 Å². The number of carboxylic acids is 1. The van der Waals surface area contributed by atoms with Crippen molar-refractivity contribution in [2.75, 3.05) is 12.4 Å². The van der Waals surface area contributed by atoms with Crippen molar-refractivity contribution < 1.29 is 32.6 Å². The Bertz CT molecular complexity index is 500. The van der Waals surface area contributed by atoms with Gasteiger partial charge in [-0.25, -0.2) is 13.2 Å². The summed E-state index contributed by atoms with van der Waals surface area (Å²) >= 11 is 0. The lowest BCUT2D eigenvalue weighted by Gasteiger charge is -2.09. The Morgan fingerprint density at radius 3 is 2.45 bits per heavy atom. The number of hydrogen-bond donors (Lipinski definition) is 4. The second-order valence-corrected chi connectivity index (χ2v) is 5.17. The SMILES string of the molecule is CCOC(=O)C=CC(=O)NNS(=O)(=O)CC(N)C(=O)O. The maximum atomic E-state index is 11.3. The molecule has 11 heteroatoms. The van der Waals surface area contributed by atoms with E-state index in [0.717, 1.165) is 12.2 Å². The van der Waals surface area contributed by atoms with E-state index in [4.69, 9.17) is 10.8 Å². The maximum absolute atomic E-state index is 11.3. The first-order valence-electron chi connectivity index (χ1n) is 5.30. The molecule has 0 saturated heterocycles. The van der Waals surface area contributed by atoms with Gasteiger partial charge in [-0.05, 0) is 6.92 Å². The third kappa shape index (κ3) is 8.18. The molecule has 114 valence electrons. The van der Waals surface area contributed by atoms with Gasteiger partial charge in [0.1, 0.15) is 6.04 Å². The molecule has 0 aliphatic carbocycles. The minimum atomic E-state index is -4.11. The Balaban J connectivity index is 4.30. The summed E-state index contributed by atoms with van der Waals surface area (Å²) in [5.41, 5.74) is 6.78. The molecule has 1 unspecified atom stereocenters. The van der Waals surface area contributed by atoms with Crippen LogP contribution in [0, 0.1) is 0 Å². The van der Waals surface area contributed by atoms with Crippen molar-refractivity contribution in [3.8, 4) is 0 Å². The minimum absolute atomic E-state index is 0.129. The van der Waals surface area contributed by atoms with Gasteiger partial charge in [0.15, 0.2) is 0 Å². The smallest absolute Gasteiger partial charge is 0.330 e. The van der Waals surface area contributed by atoms with Crippen molar-refractivity contribution in [3.63, 3.8) is 0 Å². The molecule has 0 rings (SSSR count). The van der Waals surface area contributed by atoms with Crippen LogP contribution in [0.2, 0.25) is 0 Å². The van der Waals surface area contributed by atoms with Gasteiger partial charge in [-0.3, -0.25) is 15.0 Å². The van der Waals surface area contributed by atoms with Gasteiger partial charge in [0, 0.05) is 12.2 Å². The number of ether oxygens (including phenoxy) is 1. The van der Waals surface area contributed by atoms with Crippen molar-refractivity contribution in [2.24, 2.45) is 5.73 Å². The van der Waals surface area contributed by atoms with E-state index in [1.165, 1.54) is 0 Å². The summed E-state index contributed by atoms with van der Waals surface area (Å²) < 4.78 is 27.1. The molecule has 0 radical (unpaired) electrons. The van der Waals surface area contributed by atoms with Gasteiger partial charge < -0.3 is 15.6 Å². The number of nitrogens with one attached hydrogen (secondary N) is 2. The molecule has 5 N–H and O–H groups in total. The van der Waals surface area contributed by atoms with Crippen molar-refractivity contribution >= 4 is 27.9 Å². The third-order valence-corrected chi connectivity index (χ3v) is 2.91. The number of hydrazine groups is 1. The molecule has 0 spiro atoms. The zero-order valence-corrected chi connectivity index (χ0v) is 11.3. The highest BCUT2D eigenvalue weighted by Crippen LogP contribution is 1.88. The Labute approximate surface area is 115 Å². The highest BCUT2D eigenvalue weighted by Gasteiger charge is 2.21. The summed E-state index contributed by atoms with van der Waals surface area (Å²) in [4.78, 5) is 34.0. The Hall–Kier alpha value is -1.98. The quantitative estimate of drug-likeness (QED) is 0.216. The second kappa shape index (κ2) is 8.24. The van der Waals surface area contributed by atoms with Crippen molar-refractivity contribution in [1.29, 1.82) is 0 Å². The van der Waals surface area contributed by atoms with Gasteiger partial charge in [0.25, 0.3) is 5.91 Å². The average Bonchev–Trinajstić information content (AvgIpc) is 2.33. The molecule has 10 nitrogen and oxygen atoms in total. The summed E-state index contributed by atoms with van der Waals surface area (Å²) in [5.74, 6) is -4.11. The van der Waals surface area contributed by atoms with Crippen molar-refractivity contribution in [1.82, 2.24) is 10.3 Å². The lowest BCUT2D eigenvalue weighted by molar-refractivity contribution is -0.138. The van der Waals surface area contributed by atoms with Crippen LogP contribution in [0.15, 0.2) is 12.2 Å². The topological polar surface area (TPSA) is 165 Å². The second-order valence-electron chi connectivity index (χ2n) is 3.40. The van der Waals surface area contributed by atoms with Crippen LogP contribution in [0.4, 0.5) is 0 Å². The number of nitrogens with two attached hydrogens (primary N) is 1. The molecule has 0 aromatic heterocycles. The monoisotopic (exact) mass is 309 g/mol. The number of aliphatic carboxylic acids is 1. The van der Waals surface area contributed by atoms with Crippen LogP contribution in [0.3, 0.4) is 0 Å². The average molecular weight is 309 g/mol. The maximum Gasteiger partial charge on any atom is 0.330 e. The fourth-order valence-corrected chi connectivity index (χ4v) is 1.81. The lowest BCUT2D eigenvalue weighted by atomic mass is 10.4. The third-order valence-electron chi connectivity index (χ3n) is 1.70. The number of hydrogen-bond acceptors (Lipinski definition) is 7. The van der Waals surface area contributed by atoms with Gasteiger partial charge in [-0.15, -0.1) is 4.83 Å². The Kier molecular flexibility index (Phi) is 7.43. The molecule has 0 bridgehead atoms. The lowest BCUT2D eigenvalue weighted by Crippen LogP contribution is -2.47. The van der Waals surface area contributed by atoms with Crippen LogP contribution in [0.1, 0.15) is 6.92 Å². The molecule has 0 saturated carbocycles. The van der Waals surface area contributed by atoms with E-state index >= 15 is 0 Å². The van der Waals surface area contributed by atoms with Crippen molar-refractivity contribution in [3.05, 3.63) is 12.2 Å². The number of carboxylic acid groups (broad SMARTS) is 1. The molecule has 0 heterocycles. The van der Waals surface area contributed by atoms with Crippen LogP contribution < -0.4 is 16.0 Å². The van der Waals surface area contributed by atoms with Gasteiger partial charge >= 0.3 is 11.9 Å². The van der Waals surface area contributed by atoms with Crippen LogP contribution in [0.5, 0.6) is 0 Å². The number of esters is 1. The molecular weight excluding hydrogens is 294 g/mol. The first-order valence-corrected chi connectivity index (χ1v) is 6.96. The van der Waals surface area contributed by atoms with Crippen LogP contribution in [-0.4, -0.2) is 49.8 Å². The molecule has 0 aliphatic rings. The predicted molar refractivity (Wildman–Crippen MR) is 66.4 cm³/mol. The van der Waals surface area contributed by atoms with Crippen LogP contribution in [0.25, 0.3) is 0 Å². The molecule has 0 fully saturated rings. The van der Waals surface area contributed by atoms with E-state index < -0.39 is 39.7 Å². The standard InChI is InChI=1S/C9H15N3O7S/c1-2-19-8(14)4-3-7(13)11-12-20(17,18)5-6(10)9(15)16/h3-4,6,12H,2,5,10H2,1H3,(H,11,13)(H,15,16). The van der Waals surface area contributed by atoms with E-state index in [2.05, 4.69) is 4.74 Å². The summed E-state index contributed by atoms with van der Waals surface area (Å²) in [6.45, 7) is 1.70. The predicted octanol–water partition coefficient (Wildman–Crippen LogP) is -2.53. The zero-order valence-electron chi connectivity index (χ0n) is 10.5. The highest BCUT2D eigenvalue weighted by molar-refractivity contribution is 7.89. The summed E-state index contributed by atoms with van der Waals surface area (Å²) in [5, 5.41) is 8.45. The molecule has 1 atom stereocenters. The van der Waals surface area contributed by atoms with E-state index in [0.29, 0.717) is 0 Å². The van der Waals surface area contributed by atoms with Gasteiger partial charge in [0.2, 0.25) is 10.0 Å². The number of carbonyl (C=O) groups is 3.